The summed E-state index contributed by atoms with van der Waals surface area (Å²) in [4.78, 5) is 38.1. The van der Waals surface area contributed by atoms with Crippen molar-refractivity contribution >= 4 is 17.9 Å². The minimum atomic E-state index is -0.790. The van der Waals surface area contributed by atoms with Gasteiger partial charge in [-0.3, -0.25) is 14.4 Å². The molecule has 6 nitrogen and oxygen atoms in total. The second-order valence-electron chi connectivity index (χ2n) is 18.3. The minimum absolute atomic E-state index is 0.0864. The van der Waals surface area contributed by atoms with Crippen molar-refractivity contribution in [2.24, 2.45) is 0 Å². The molecule has 0 saturated carbocycles. The Kier molecular flexibility index (Phi) is 50.9. The standard InChI is InChI=1S/C59H102O6/c1-4-7-10-13-16-19-22-25-27-29-31-34-37-40-43-46-49-52-58(61)64-55-56(54-63-57(60)51-48-45-42-39-36-33-24-21-18-15-12-9-6-3)65-59(62)53-50-47-44-41-38-35-32-30-28-26-23-20-17-14-11-8-5-2/h7,10,13,16,19,22,25,27,29,31,34,37,56H,4-6,8-9,11-12,14-15,17-18,20-21,23-24,26,28,30,32-33,35-36,38-55H2,1-3H3/b10-7-,16-13-,22-19-,27-25-,31-29+,37-34-. The van der Waals surface area contributed by atoms with Crippen molar-refractivity contribution < 1.29 is 28.6 Å². The Hall–Kier alpha value is -3.15. The Balaban J connectivity index is 4.44. The van der Waals surface area contributed by atoms with Crippen LogP contribution in [-0.4, -0.2) is 37.2 Å². The van der Waals surface area contributed by atoms with Gasteiger partial charge in [0, 0.05) is 19.3 Å². The summed E-state index contributed by atoms with van der Waals surface area (Å²) in [7, 11) is 0. The molecule has 0 aliphatic heterocycles. The Labute approximate surface area is 402 Å². The predicted molar refractivity (Wildman–Crippen MR) is 279 cm³/mol. The van der Waals surface area contributed by atoms with Crippen LogP contribution in [0.2, 0.25) is 0 Å². The van der Waals surface area contributed by atoms with Crippen LogP contribution in [0, 0.1) is 0 Å². The zero-order valence-electron chi connectivity index (χ0n) is 42.7. The second-order valence-corrected chi connectivity index (χ2v) is 18.3. The molecule has 0 saturated heterocycles. The Morgan fingerprint density at radius 3 is 0.938 bits per heavy atom. The maximum atomic E-state index is 12.8. The maximum absolute atomic E-state index is 12.8. The molecule has 0 radical (unpaired) electrons. The molecule has 0 fully saturated rings. The summed E-state index contributed by atoms with van der Waals surface area (Å²) in [5, 5.41) is 0. The normalized spacial score (nSPS) is 12.6. The number of ether oxygens (including phenoxy) is 3. The van der Waals surface area contributed by atoms with Crippen LogP contribution in [0.15, 0.2) is 72.9 Å². The third-order valence-corrected chi connectivity index (χ3v) is 11.9. The highest BCUT2D eigenvalue weighted by molar-refractivity contribution is 5.71. The lowest BCUT2D eigenvalue weighted by Gasteiger charge is -2.18. The van der Waals surface area contributed by atoms with E-state index in [0.717, 1.165) is 70.6 Å². The predicted octanol–water partition coefficient (Wildman–Crippen LogP) is 18.2. The molecule has 0 aromatic rings. The highest BCUT2D eigenvalue weighted by Gasteiger charge is 2.19. The van der Waals surface area contributed by atoms with Crippen LogP contribution in [0.3, 0.4) is 0 Å². The van der Waals surface area contributed by atoms with E-state index in [0.29, 0.717) is 19.3 Å². The van der Waals surface area contributed by atoms with Gasteiger partial charge in [0.1, 0.15) is 13.2 Å². The molecule has 0 heterocycles. The fourth-order valence-corrected chi connectivity index (χ4v) is 7.77. The van der Waals surface area contributed by atoms with E-state index in [1.165, 1.54) is 154 Å². The van der Waals surface area contributed by atoms with Crippen molar-refractivity contribution in [3.63, 3.8) is 0 Å². The summed E-state index contributed by atoms with van der Waals surface area (Å²) in [6.07, 6.45) is 67.4. The summed E-state index contributed by atoms with van der Waals surface area (Å²) in [5.74, 6) is -0.922. The molecule has 0 rings (SSSR count). The van der Waals surface area contributed by atoms with Gasteiger partial charge in [-0.1, -0.05) is 280 Å². The summed E-state index contributed by atoms with van der Waals surface area (Å²) in [6, 6.07) is 0. The van der Waals surface area contributed by atoms with Gasteiger partial charge in [0.05, 0.1) is 0 Å². The van der Waals surface area contributed by atoms with Gasteiger partial charge in [0.15, 0.2) is 6.10 Å². The van der Waals surface area contributed by atoms with E-state index in [9.17, 15) is 14.4 Å². The lowest BCUT2D eigenvalue weighted by molar-refractivity contribution is -0.167. The van der Waals surface area contributed by atoms with E-state index in [2.05, 4.69) is 32.9 Å². The molecule has 6 heteroatoms. The molecule has 0 spiro atoms. The van der Waals surface area contributed by atoms with E-state index in [-0.39, 0.29) is 31.1 Å². The Bertz CT molecular complexity index is 1230. The zero-order chi connectivity index (χ0) is 47.2. The minimum Gasteiger partial charge on any atom is -0.462 e. The average molecular weight is 907 g/mol. The Morgan fingerprint density at radius 1 is 0.323 bits per heavy atom. The van der Waals surface area contributed by atoms with Crippen LogP contribution in [0.4, 0.5) is 0 Å². The van der Waals surface area contributed by atoms with Crippen molar-refractivity contribution in [3.05, 3.63) is 72.9 Å². The van der Waals surface area contributed by atoms with Gasteiger partial charge in [0.2, 0.25) is 0 Å². The topological polar surface area (TPSA) is 78.9 Å². The molecular weight excluding hydrogens is 805 g/mol. The molecule has 0 aliphatic carbocycles. The first-order valence-electron chi connectivity index (χ1n) is 27.5. The first kappa shape index (κ1) is 61.9. The molecule has 0 aromatic heterocycles. The number of carbonyl (C=O) groups excluding carboxylic acids is 3. The molecule has 0 bridgehead atoms. The summed E-state index contributed by atoms with van der Waals surface area (Å²) in [5.41, 5.74) is 0. The van der Waals surface area contributed by atoms with Gasteiger partial charge < -0.3 is 14.2 Å². The van der Waals surface area contributed by atoms with Crippen LogP contribution >= 0.6 is 0 Å². The largest absolute Gasteiger partial charge is 0.462 e. The van der Waals surface area contributed by atoms with Crippen molar-refractivity contribution in [2.75, 3.05) is 13.2 Å². The maximum Gasteiger partial charge on any atom is 0.306 e. The van der Waals surface area contributed by atoms with Crippen molar-refractivity contribution in [1.82, 2.24) is 0 Å². The third-order valence-electron chi connectivity index (χ3n) is 11.9. The highest BCUT2D eigenvalue weighted by atomic mass is 16.6. The molecule has 65 heavy (non-hydrogen) atoms. The number of hydrogen-bond donors (Lipinski definition) is 0. The molecule has 1 atom stereocenters. The number of carbonyl (C=O) groups is 3. The number of allylic oxidation sites excluding steroid dienone is 12. The number of esters is 3. The number of rotatable bonds is 49. The van der Waals surface area contributed by atoms with Crippen LogP contribution in [0.25, 0.3) is 0 Å². The number of unbranched alkanes of at least 4 members (excludes halogenated alkanes) is 31. The molecule has 0 N–H and O–H groups in total. The fourth-order valence-electron chi connectivity index (χ4n) is 7.77. The smallest absolute Gasteiger partial charge is 0.306 e. The van der Waals surface area contributed by atoms with Gasteiger partial charge in [-0.2, -0.15) is 0 Å². The molecule has 0 aliphatic rings. The van der Waals surface area contributed by atoms with E-state index in [4.69, 9.17) is 14.2 Å². The van der Waals surface area contributed by atoms with Crippen molar-refractivity contribution in [3.8, 4) is 0 Å². The van der Waals surface area contributed by atoms with Gasteiger partial charge in [0.25, 0.3) is 0 Å². The summed E-state index contributed by atoms with van der Waals surface area (Å²) in [6.45, 7) is 6.48. The van der Waals surface area contributed by atoms with Crippen molar-refractivity contribution in [1.29, 1.82) is 0 Å². The molecule has 374 valence electrons. The van der Waals surface area contributed by atoms with Gasteiger partial charge in [-0.25, -0.2) is 0 Å². The first-order valence-corrected chi connectivity index (χ1v) is 27.5. The summed E-state index contributed by atoms with van der Waals surface area (Å²) < 4.78 is 16.8. The van der Waals surface area contributed by atoms with Gasteiger partial charge in [-0.05, 0) is 38.5 Å². The first-order chi connectivity index (χ1) is 32.0. The van der Waals surface area contributed by atoms with Gasteiger partial charge in [-0.15, -0.1) is 0 Å². The van der Waals surface area contributed by atoms with E-state index < -0.39 is 6.10 Å². The van der Waals surface area contributed by atoms with Crippen LogP contribution in [0.1, 0.15) is 265 Å². The quantitative estimate of drug-likeness (QED) is 0.0262. The van der Waals surface area contributed by atoms with Gasteiger partial charge >= 0.3 is 17.9 Å². The second kappa shape index (κ2) is 53.5. The zero-order valence-corrected chi connectivity index (χ0v) is 42.7. The van der Waals surface area contributed by atoms with Crippen LogP contribution in [-0.2, 0) is 28.6 Å². The molecular formula is C59H102O6. The lowest BCUT2D eigenvalue weighted by Crippen LogP contribution is -2.30. The molecule has 0 aromatic carbocycles. The highest BCUT2D eigenvalue weighted by Crippen LogP contribution is 2.16. The molecule has 1 unspecified atom stereocenters. The third kappa shape index (κ3) is 51.7. The van der Waals surface area contributed by atoms with Crippen LogP contribution < -0.4 is 0 Å². The average Bonchev–Trinajstić information content (AvgIpc) is 3.30. The Morgan fingerprint density at radius 2 is 0.600 bits per heavy atom. The number of hydrogen-bond acceptors (Lipinski definition) is 6. The SMILES string of the molecule is CC\C=C/C=C\C=C/C=C\C=C\C=C/CCCCCC(=O)OCC(COC(=O)CCCCCCCCCCCCCCC)OC(=O)CCCCCCCCCCCCCCCCCCC. The van der Waals surface area contributed by atoms with Crippen LogP contribution in [0.5, 0.6) is 0 Å². The fraction of sp³-hybridized carbons (Fsp3) is 0.746. The summed E-state index contributed by atoms with van der Waals surface area (Å²) >= 11 is 0. The van der Waals surface area contributed by atoms with Crippen molar-refractivity contribution in [2.45, 2.75) is 271 Å². The van der Waals surface area contributed by atoms with E-state index in [1.807, 2.05) is 60.8 Å². The van der Waals surface area contributed by atoms with E-state index in [1.54, 1.807) is 0 Å². The molecule has 0 amide bonds. The lowest BCUT2D eigenvalue weighted by atomic mass is 10.0. The van der Waals surface area contributed by atoms with E-state index >= 15 is 0 Å². The monoisotopic (exact) mass is 907 g/mol.